The summed E-state index contributed by atoms with van der Waals surface area (Å²) in [4.78, 5) is 2.23. The Balaban J connectivity index is 2.06. The highest BCUT2D eigenvalue weighted by Gasteiger charge is 2.11. The smallest absolute Gasteiger partial charge is 0.276 e. The third-order valence-electron chi connectivity index (χ3n) is 2.74. The lowest BCUT2D eigenvalue weighted by Crippen LogP contribution is -2.18. The number of nitrogens with zero attached hydrogens (tertiary/aromatic N) is 1. The maximum atomic E-state index is 12.0. The van der Waals surface area contributed by atoms with E-state index in [2.05, 4.69) is 16.5 Å². The summed E-state index contributed by atoms with van der Waals surface area (Å²) in [5.41, 5.74) is 0.699. The lowest BCUT2D eigenvalue weighted by atomic mass is 10.2. The Bertz CT molecular complexity index is 802. The molecule has 0 atom stereocenters. The molecule has 0 aliphatic heterocycles. The summed E-state index contributed by atoms with van der Waals surface area (Å²) in [6.45, 7) is 3.97. The van der Waals surface area contributed by atoms with Crippen LogP contribution in [0, 0.1) is 0 Å². The molecule has 0 aromatic heterocycles. The van der Waals surface area contributed by atoms with Gasteiger partial charge in [0.25, 0.3) is 10.0 Å². The van der Waals surface area contributed by atoms with Crippen LogP contribution in [0.4, 0.5) is 0 Å². The molecule has 2 aromatic carbocycles. The first kappa shape index (κ1) is 17.1. The molecule has 5 nitrogen and oxygen atoms in total. The zero-order valence-electron chi connectivity index (χ0n) is 12.1. The summed E-state index contributed by atoms with van der Waals surface area (Å²) in [6, 6.07) is 12.9. The van der Waals surface area contributed by atoms with Gasteiger partial charge in [-0.2, -0.15) is 13.5 Å². The van der Waals surface area contributed by atoms with Gasteiger partial charge in [0.15, 0.2) is 0 Å². The van der Waals surface area contributed by atoms with Gasteiger partial charge in [0.1, 0.15) is 12.4 Å². The van der Waals surface area contributed by atoms with E-state index < -0.39 is 10.0 Å². The van der Waals surface area contributed by atoms with E-state index in [1.54, 1.807) is 30.3 Å². The first-order chi connectivity index (χ1) is 11.0. The molecule has 0 heterocycles. The van der Waals surface area contributed by atoms with Gasteiger partial charge in [-0.15, -0.1) is 0 Å². The molecule has 0 saturated carbocycles. The summed E-state index contributed by atoms with van der Waals surface area (Å²) in [5, 5.41) is 4.22. The molecule has 7 heteroatoms. The van der Waals surface area contributed by atoms with Gasteiger partial charge in [-0.1, -0.05) is 36.4 Å². The predicted octanol–water partition coefficient (Wildman–Crippen LogP) is 3.22. The Hall–Kier alpha value is -2.31. The van der Waals surface area contributed by atoms with Crippen LogP contribution >= 0.6 is 11.6 Å². The van der Waals surface area contributed by atoms with Crippen LogP contribution in [-0.2, 0) is 10.0 Å². The molecule has 0 spiro atoms. The van der Waals surface area contributed by atoms with Crippen LogP contribution in [-0.4, -0.2) is 21.2 Å². The largest absolute Gasteiger partial charge is 0.490 e. The average molecular weight is 351 g/mol. The molecule has 0 aliphatic rings. The topological polar surface area (TPSA) is 67.8 Å². The van der Waals surface area contributed by atoms with Crippen molar-refractivity contribution >= 4 is 27.8 Å². The Morgan fingerprint density at radius 3 is 2.65 bits per heavy atom. The van der Waals surface area contributed by atoms with Gasteiger partial charge in [0.2, 0.25) is 0 Å². The number of benzene rings is 2. The summed E-state index contributed by atoms with van der Waals surface area (Å²) in [7, 11) is -3.72. The van der Waals surface area contributed by atoms with E-state index in [1.165, 1.54) is 30.5 Å². The van der Waals surface area contributed by atoms with E-state index >= 15 is 0 Å². The molecule has 1 N–H and O–H groups in total. The monoisotopic (exact) mass is 350 g/mol. The van der Waals surface area contributed by atoms with Gasteiger partial charge in [-0.25, -0.2) is 4.83 Å². The minimum Gasteiger partial charge on any atom is -0.490 e. The molecule has 0 saturated heterocycles. The second-order valence-electron chi connectivity index (χ2n) is 4.48. The van der Waals surface area contributed by atoms with Crippen molar-refractivity contribution in [2.45, 2.75) is 4.90 Å². The van der Waals surface area contributed by atoms with Crippen LogP contribution in [0.2, 0.25) is 5.02 Å². The van der Waals surface area contributed by atoms with Crippen molar-refractivity contribution in [1.82, 2.24) is 4.83 Å². The van der Waals surface area contributed by atoms with Crippen LogP contribution in [0.1, 0.15) is 5.56 Å². The van der Waals surface area contributed by atoms with Crippen LogP contribution < -0.4 is 9.57 Å². The molecule has 120 valence electrons. The maximum Gasteiger partial charge on any atom is 0.276 e. The molecule has 0 bridgehead atoms. The van der Waals surface area contributed by atoms with E-state index in [0.717, 1.165) is 0 Å². The van der Waals surface area contributed by atoms with Gasteiger partial charge in [0, 0.05) is 5.02 Å². The van der Waals surface area contributed by atoms with Crippen LogP contribution in [0.25, 0.3) is 0 Å². The van der Waals surface area contributed by atoms with Gasteiger partial charge in [-0.05, 0) is 42.0 Å². The molecule has 0 unspecified atom stereocenters. The van der Waals surface area contributed by atoms with Crippen LogP contribution in [0.15, 0.2) is 71.2 Å². The van der Waals surface area contributed by atoms with E-state index in [0.29, 0.717) is 22.9 Å². The molecular weight excluding hydrogens is 336 g/mol. The van der Waals surface area contributed by atoms with Crippen molar-refractivity contribution in [3.8, 4) is 5.75 Å². The van der Waals surface area contributed by atoms with E-state index in [4.69, 9.17) is 16.3 Å². The quantitative estimate of drug-likeness (QED) is 0.473. The van der Waals surface area contributed by atoms with Crippen molar-refractivity contribution in [3.05, 3.63) is 71.8 Å². The number of ether oxygens (including phenoxy) is 1. The summed E-state index contributed by atoms with van der Waals surface area (Å²) in [6.07, 6.45) is 3.04. The second-order valence-corrected chi connectivity index (χ2v) is 6.58. The normalized spacial score (nSPS) is 11.3. The highest BCUT2D eigenvalue weighted by atomic mass is 35.5. The lowest BCUT2D eigenvalue weighted by Gasteiger charge is -2.04. The first-order valence-electron chi connectivity index (χ1n) is 6.65. The summed E-state index contributed by atoms with van der Waals surface area (Å²) < 4.78 is 29.5. The second kappa shape index (κ2) is 7.80. The number of hydrogen-bond acceptors (Lipinski definition) is 4. The molecule has 0 amide bonds. The molecule has 23 heavy (non-hydrogen) atoms. The van der Waals surface area contributed by atoms with Crippen molar-refractivity contribution in [3.63, 3.8) is 0 Å². The fourth-order valence-corrected chi connectivity index (χ4v) is 2.59. The van der Waals surface area contributed by atoms with Crippen molar-refractivity contribution in [2.75, 3.05) is 6.61 Å². The number of sulfonamides is 1. The molecule has 0 radical (unpaired) electrons. The number of halogens is 1. The SMILES string of the molecule is C=CCOc1cccc(/C=N/NS(=O)(=O)c2ccc(Cl)cc2)c1. The molecule has 0 aliphatic carbocycles. The first-order valence-corrected chi connectivity index (χ1v) is 8.51. The Morgan fingerprint density at radius 1 is 1.22 bits per heavy atom. The maximum absolute atomic E-state index is 12.0. The molecular formula is C16H15ClN2O3S. The Morgan fingerprint density at radius 2 is 1.96 bits per heavy atom. The molecule has 0 fully saturated rings. The fraction of sp³-hybridized carbons (Fsp3) is 0.0625. The van der Waals surface area contributed by atoms with E-state index in [1.807, 2.05) is 0 Å². The standard InChI is InChI=1S/C16H15ClN2O3S/c1-2-10-22-15-5-3-4-13(11-15)12-18-19-23(20,21)16-8-6-14(17)7-9-16/h2-9,11-12,19H,1,10H2/b18-12+. The van der Waals surface area contributed by atoms with Gasteiger partial charge in [0.05, 0.1) is 11.1 Å². The van der Waals surface area contributed by atoms with Gasteiger partial charge >= 0.3 is 0 Å². The zero-order chi connectivity index (χ0) is 16.7. The Labute approximate surface area is 140 Å². The minimum atomic E-state index is -3.72. The third-order valence-corrected chi connectivity index (χ3v) is 4.23. The number of rotatable bonds is 7. The Kier molecular flexibility index (Phi) is 5.78. The van der Waals surface area contributed by atoms with E-state index in [9.17, 15) is 8.42 Å². The number of nitrogens with one attached hydrogen (secondary N) is 1. The third kappa shape index (κ3) is 5.12. The minimum absolute atomic E-state index is 0.0853. The highest BCUT2D eigenvalue weighted by molar-refractivity contribution is 7.89. The highest BCUT2D eigenvalue weighted by Crippen LogP contribution is 2.14. The zero-order valence-corrected chi connectivity index (χ0v) is 13.7. The van der Waals surface area contributed by atoms with Gasteiger partial charge in [-0.3, -0.25) is 0 Å². The molecule has 2 aromatic rings. The molecule has 2 rings (SSSR count). The van der Waals surface area contributed by atoms with Crippen molar-refractivity contribution < 1.29 is 13.2 Å². The van der Waals surface area contributed by atoms with E-state index in [-0.39, 0.29) is 4.90 Å². The lowest BCUT2D eigenvalue weighted by molar-refractivity contribution is 0.363. The van der Waals surface area contributed by atoms with Crippen LogP contribution in [0.3, 0.4) is 0 Å². The number of hydrazone groups is 1. The summed E-state index contributed by atoms with van der Waals surface area (Å²) in [5.74, 6) is 0.648. The summed E-state index contributed by atoms with van der Waals surface area (Å²) >= 11 is 5.73. The van der Waals surface area contributed by atoms with Crippen molar-refractivity contribution in [1.29, 1.82) is 0 Å². The fourth-order valence-electron chi connectivity index (χ4n) is 1.68. The number of hydrogen-bond donors (Lipinski definition) is 1. The average Bonchev–Trinajstić information content (AvgIpc) is 2.53. The van der Waals surface area contributed by atoms with Gasteiger partial charge < -0.3 is 4.74 Å². The van der Waals surface area contributed by atoms with Crippen molar-refractivity contribution in [2.24, 2.45) is 5.10 Å². The predicted molar refractivity (Wildman–Crippen MR) is 91.5 cm³/mol. The van der Waals surface area contributed by atoms with Crippen LogP contribution in [0.5, 0.6) is 5.75 Å².